The van der Waals surface area contributed by atoms with Crippen LogP contribution in [-0.2, 0) is 26.2 Å². The lowest BCUT2D eigenvalue weighted by atomic mass is 10.1. The number of rotatable bonds is 12. The molecule has 1 atom stereocenters. The van der Waals surface area contributed by atoms with Gasteiger partial charge in [0.1, 0.15) is 18.3 Å². The van der Waals surface area contributed by atoms with Crippen molar-refractivity contribution in [3.8, 4) is 5.75 Å². The van der Waals surface area contributed by atoms with Gasteiger partial charge in [0, 0.05) is 17.1 Å². The van der Waals surface area contributed by atoms with Gasteiger partial charge in [-0.2, -0.15) is 0 Å². The summed E-state index contributed by atoms with van der Waals surface area (Å²) in [6.07, 6.45) is 0. The largest absolute Gasteiger partial charge is 0.494 e. The Morgan fingerprint density at radius 3 is 2.20 bits per heavy atom. The predicted molar refractivity (Wildman–Crippen MR) is 161 cm³/mol. The summed E-state index contributed by atoms with van der Waals surface area (Å²) < 4.78 is 35.2. The third-order valence-corrected chi connectivity index (χ3v) is 8.45. The number of halogens is 1. The van der Waals surface area contributed by atoms with Gasteiger partial charge in [0.25, 0.3) is 10.0 Å². The van der Waals surface area contributed by atoms with Crippen LogP contribution in [0.25, 0.3) is 0 Å². The summed E-state index contributed by atoms with van der Waals surface area (Å²) in [5, 5.41) is 2.85. The van der Waals surface area contributed by atoms with Crippen molar-refractivity contribution in [3.63, 3.8) is 0 Å². The Balaban J connectivity index is 2.02. The van der Waals surface area contributed by atoms with Crippen molar-refractivity contribution >= 4 is 43.5 Å². The van der Waals surface area contributed by atoms with Crippen LogP contribution in [0.3, 0.4) is 0 Å². The molecule has 10 heteroatoms. The van der Waals surface area contributed by atoms with Crippen LogP contribution in [-0.4, -0.2) is 50.4 Å². The lowest BCUT2D eigenvalue weighted by molar-refractivity contribution is -0.139. The number of hydrogen-bond donors (Lipinski definition) is 1. The van der Waals surface area contributed by atoms with E-state index in [0.29, 0.717) is 18.0 Å². The predicted octanol–water partition coefficient (Wildman–Crippen LogP) is 5.29. The molecule has 0 saturated carbocycles. The fraction of sp³-hybridized carbons (Fsp3) is 0.333. The fourth-order valence-electron chi connectivity index (χ4n) is 4.06. The second kappa shape index (κ2) is 13.8. The second-order valence-electron chi connectivity index (χ2n) is 9.74. The number of carbonyl (C=O) groups excluding carboxylic acids is 2. The summed E-state index contributed by atoms with van der Waals surface area (Å²) in [7, 11) is -4.15. The highest BCUT2D eigenvalue weighted by Gasteiger charge is 2.32. The molecule has 0 aliphatic heterocycles. The van der Waals surface area contributed by atoms with E-state index in [9.17, 15) is 18.0 Å². The average Bonchev–Trinajstić information content (AvgIpc) is 2.90. The summed E-state index contributed by atoms with van der Waals surface area (Å²) >= 11 is 3.45. The summed E-state index contributed by atoms with van der Waals surface area (Å²) in [6.45, 7) is 9.15. The Kier molecular flexibility index (Phi) is 10.8. The van der Waals surface area contributed by atoms with Crippen LogP contribution in [0.5, 0.6) is 5.75 Å². The molecule has 1 N–H and O–H groups in total. The molecule has 0 saturated heterocycles. The molecule has 0 heterocycles. The molecule has 0 bridgehead atoms. The highest BCUT2D eigenvalue weighted by molar-refractivity contribution is 9.10. The quantitative estimate of drug-likeness (QED) is 0.294. The van der Waals surface area contributed by atoms with Crippen LogP contribution in [0.2, 0.25) is 0 Å². The van der Waals surface area contributed by atoms with Crippen LogP contribution in [0.15, 0.2) is 82.2 Å². The average molecular weight is 631 g/mol. The molecule has 0 unspecified atom stereocenters. The normalized spacial score (nSPS) is 12.1. The number of nitrogens with zero attached hydrogens (tertiary/aromatic N) is 2. The molecule has 40 heavy (non-hydrogen) atoms. The molecule has 3 aromatic rings. The van der Waals surface area contributed by atoms with Crippen molar-refractivity contribution in [2.24, 2.45) is 0 Å². The van der Waals surface area contributed by atoms with Gasteiger partial charge in [-0.15, -0.1) is 0 Å². The van der Waals surface area contributed by atoms with Crippen LogP contribution in [0.1, 0.15) is 38.8 Å². The lowest BCUT2D eigenvalue weighted by Crippen LogP contribution is -2.52. The minimum atomic E-state index is -4.15. The van der Waals surface area contributed by atoms with E-state index in [2.05, 4.69) is 21.2 Å². The van der Waals surface area contributed by atoms with Gasteiger partial charge < -0.3 is 15.0 Å². The van der Waals surface area contributed by atoms with Gasteiger partial charge in [0.15, 0.2) is 0 Å². The first kappa shape index (κ1) is 31.2. The van der Waals surface area contributed by atoms with E-state index >= 15 is 0 Å². The zero-order valence-electron chi connectivity index (χ0n) is 23.4. The number of nitrogens with one attached hydrogen (secondary N) is 1. The third kappa shape index (κ3) is 8.08. The summed E-state index contributed by atoms with van der Waals surface area (Å²) in [6, 6.07) is 19.5. The number of ether oxygens (including phenoxy) is 1. The van der Waals surface area contributed by atoms with E-state index in [1.165, 1.54) is 17.0 Å². The SMILES string of the molecule is CCOc1ccc(S(=O)(=O)N(CC(=O)N(Cc2cccc(Br)c2)[C@H](C)C(=O)NC(C)C)c2ccc(C)cc2)cc1. The zero-order valence-corrected chi connectivity index (χ0v) is 25.8. The highest BCUT2D eigenvalue weighted by Crippen LogP contribution is 2.26. The van der Waals surface area contributed by atoms with E-state index < -0.39 is 28.5 Å². The van der Waals surface area contributed by atoms with Crippen LogP contribution < -0.4 is 14.4 Å². The van der Waals surface area contributed by atoms with E-state index in [1.807, 2.05) is 52.0 Å². The molecule has 0 aliphatic carbocycles. The molecule has 0 spiro atoms. The van der Waals surface area contributed by atoms with Crippen LogP contribution in [0, 0.1) is 6.92 Å². The van der Waals surface area contributed by atoms with Crippen molar-refractivity contribution < 1.29 is 22.7 Å². The number of anilines is 1. The standard InChI is InChI=1S/C30H36BrN3O5S/c1-6-39-27-14-16-28(17-15-27)40(37,38)34(26-12-10-22(4)11-13-26)20-29(35)33(23(5)30(36)32-21(2)3)19-24-8-7-9-25(31)18-24/h7-18,21,23H,6,19-20H2,1-5H3,(H,32,36)/t23-/m1/s1. The molecule has 3 rings (SSSR count). The van der Waals surface area contributed by atoms with Gasteiger partial charge in [-0.1, -0.05) is 45.8 Å². The Bertz CT molecular complexity index is 1410. The Morgan fingerprint density at radius 1 is 0.975 bits per heavy atom. The first-order chi connectivity index (χ1) is 18.9. The molecule has 2 amide bonds. The van der Waals surface area contributed by atoms with Gasteiger partial charge in [-0.25, -0.2) is 8.42 Å². The van der Waals surface area contributed by atoms with Gasteiger partial charge in [0.05, 0.1) is 17.2 Å². The molecule has 214 valence electrons. The maximum absolute atomic E-state index is 13.9. The molecular weight excluding hydrogens is 594 g/mol. The molecule has 0 radical (unpaired) electrons. The summed E-state index contributed by atoms with van der Waals surface area (Å²) in [5.41, 5.74) is 2.08. The molecule has 0 fully saturated rings. The van der Waals surface area contributed by atoms with E-state index in [-0.39, 0.29) is 23.4 Å². The molecule has 0 aromatic heterocycles. The minimum Gasteiger partial charge on any atom is -0.494 e. The van der Waals surface area contributed by atoms with Gasteiger partial charge in [-0.3, -0.25) is 13.9 Å². The first-order valence-corrected chi connectivity index (χ1v) is 15.3. The van der Waals surface area contributed by atoms with Gasteiger partial charge in [0.2, 0.25) is 11.8 Å². The van der Waals surface area contributed by atoms with Crippen molar-refractivity contribution in [3.05, 3.63) is 88.4 Å². The van der Waals surface area contributed by atoms with E-state index in [0.717, 1.165) is 19.9 Å². The Labute approximate surface area is 245 Å². The third-order valence-electron chi connectivity index (χ3n) is 6.16. The molecule has 8 nitrogen and oxygen atoms in total. The second-order valence-corrected chi connectivity index (χ2v) is 12.5. The van der Waals surface area contributed by atoms with Gasteiger partial charge in [-0.05, 0) is 88.7 Å². The molecule has 3 aromatic carbocycles. The maximum atomic E-state index is 13.9. The topological polar surface area (TPSA) is 96.0 Å². The summed E-state index contributed by atoms with van der Waals surface area (Å²) in [4.78, 5) is 28.4. The summed E-state index contributed by atoms with van der Waals surface area (Å²) in [5.74, 6) is -0.291. The number of sulfonamides is 1. The lowest BCUT2D eigenvalue weighted by Gasteiger charge is -2.32. The van der Waals surface area contributed by atoms with E-state index in [1.54, 1.807) is 43.3 Å². The zero-order chi connectivity index (χ0) is 29.4. The number of carbonyl (C=O) groups is 2. The molecular formula is C30H36BrN3O5S. The van der Waals surface area contributed by atoms with Crippen LogP contribution in [0.4, 0.5) is 5.69 Å². The minimum absolute atomic E-state index is 0.0217. The monoisotopic (exact) mass is 629 g/mol. The number of hydrogen-bond acceptors (Lipinski definition) is 5. The first-order valence-electron chi connectivity index (χ1n) is 13.1. The Hall–Kier alpha value is -3.37. The van der Waals surface area contributed by atoms with Crippen molar-refractivity contribution in [2.75, 3.05) is 17.5 Å². The van der Waals surface area contributed by atoms with Crippen molar-refractivity contribution in [1.29, 1.82) is 0 Å². The number of benzene rings is 3. The number of aryl methyl sites for hydroxylation is 1. The van der Waals surface area contributed by atoms with E-state index in [4.69, 9.17) is 4.74 Å². The fourth-order valence-corrected chi connectivity index (χ4v) is 5.92. The maximum Gasteiger partial charge on any atom is 0.264 e. The van der Waals surface area contributed by atoms with Crippen LogP contribution >= 0.6 is 15.9 Å². The van der Waals surface area contributed by atoms with Crippen molar-refractivity contribution in [1.82, 2.24) is 10.2 Å². The van der Waals surface area contributed by atoms with Gasteiger partial charge >= 0.3 is 0 Å². The smallest absolute Gasteiger partial charge is 0.264 e. The molecule has 0 aliphatic rings. The van der Waals surface area contributed by atoms with Crippen molar-refractivity contribution in [2.45, 2.75) is 58.1 Å². The highest BCUT2D eigenvalue weighted by atomic mass is 79.9. The number of amides is 2. The Morgan fingerprint density at radius 2 is 1.62 bits per heavy atom.